The first-order valence-electron chi connectivity index (χ1n) is 7.45. The Morgan fingerprint density at radius 1 is 0.789 bits per heavy atom. The van der Waals surface area contributed by atoms with Crippen molar-refractivity contribution >= 4 is 21.8 Å². The highest BCUT2D eigenvalue weighted by Gasteiger charge is 2.34. The maximum atomic E-state index is 3.69. The third kappa shape index (κ3) is 1.42. The van der Waals surface area contributed by atoms with Crippen molar-refractivity contribution in [2.45, 2.75) is 37.5 Å². The Labute approximate surface area is 112 Å². The number of hydrogen-bond donors (Lipinski definition) is 1. The fraction of sp³-hybridized carbons (Fsp3) is 0.333. The van der Waals surface area contributed by atoms with Gasteiger partial charge < -0.3 is 4.98 Å². The zero-order valence-electron chi connectivity index (χ0n) is 10.9. The summed E-state index contributed by atoms with van der Waals surface area (Å²) in [6.45, 7) is 0. The zero-order chi connectivity index (χ0) is 12.4. The number of aromatic nitrogens is 1. The molecule has 0 aliphatic heterocycles. The lowest BCUT2D eigenvalue weighted by Gasteiger charge is -2.09. The lowest BCUT2D eigenvalue weighted by molar-refractivity contribution is 1.03. The van der Waals surface area contributed by atoms with Crippen molar-refractivity contribution in [2.75, 3.05) is 0 Å². The van der Waals surface area contributed by atoms with E-state index >= 15 is 0 Å². The molecular formula is C18H17N. The molecule has 3 aromatic rings. The summed E-state index contributed by atoms with van der Waals surface area (Å²) in [6, 6.07) is 13.4. The van der Waals surface area contributed by atoms with E-state index in [9.17, 15) is 0 Å². The fourth-order valence-electron chi connectivity index (χ4n) is 3.52. The van der Waals surface area contributed by atoms with E-state index in [4.69, 9.17) is 0 Å². The summed E-state index contributed by atoms with van der Waals surface area (Å²) in [7, 11) is 0. The van der Waals surface area contributed by atoms with Gasteiger partial charge in [0.25, 0.3) is 0 Å². The van der Waals surface area contributed by atoms with Crippen molar-refractivity contribution in [2.24, 2.45) is 0 Å². The predicted molar refractivity (Wildman–Crippen MR) is 79.8 cm³/mol. The Kier molecular flexibility index (Phi) is 1.81. The van der Waals surface area contributed by atoms with Gasteiger partial charge >= 0.3 is 0 Å². The number of H-pyrrole nitrogens is 1. The number of benzene rings is 2. The lowest BCUT2D eigenvalue weighted by Crippen LogP contribution is -1.91. The molecule has 0 radical (unpaired) electrons. The van der Waals surface area contributed by atoms with Crippen molar-refractivity contribution in [1.82, 2.24) is 4.98 Å². The van der Waals surface area contributed by atoms with E-state index in [0.29, 0.717) is 0 Å². The summed E-state index contributed by atoms with van der Waals surface area (Å²) in [5.41, 5.74) is 6.00. The van der Waals surface area contributed by atoms with Gasteiger partial charge in [0.1, 0.15) is 0 Å². The molecule has 2 fully saturated rings. The normalized spacial score (nSPS) is 19.4. The number of para-hydroxylation sites is 1. The second kappa shape index (κ2) is 3.41. The van der Waals surface area contributed by atoms with Crippen LogP contribution >= 0.6 is 0 Å². The number of aromatic amines is 1. The Bertz CT molecular complexity index is 788. The van der Waals surface area contributed by atoms with Crippen molar-refractivity contribution < 1.29 is 0 Å². The van der Waals surface area contributed by atoms with E-state index in [1.807, 2.05) is 0 Å². The molecule has 0 bridgehead atoms. The van der Waals surface area contributed by atoms with Crippen molar-refractivity contribution in [1.29, 1.82) is 0 Å². The SMILES string of the molecule is c1ccc2c(c1)[nH]c1c(C3CC3)c(C3CC3)ccc12. The lowest BCUT2D eigenvalue weighted by atomic mass is 9.96. The van der Waals surface area contributed by atoms with E-state index in [2.05, 4.69) is 41.4 Å². The van der Waals surface area contributed by atoms with Gasteiger partial charge in [0, 0.05) is 16.3 Å². The van der Waals surface area contributed by atoms with Gasteiger partial charge in [-0.15, -0.1) is 0 Å². The van der Waals surface area contributed by atoms with E-state index < -0.39 is 0 Å². The van der Waals surface area contributed by atoms with E-state index in [0.717, 1.165) is 11.8 Å². The first kappa shape index (κ1) is 10.1. The second-order valence-electron chi connectivity index (χ2n) is 6.21. The molecule has 2 aliphatic rings. The standard InChI is InChI=1S/C18H17N/c1-2-4-16-14(3-1)15-10-9-13(11-5-6-11)17(12-7-8-12)18(15)19-16/h1-4,9-12,19H,5-8H2. The first-order chi connectivity index (χ1) is 9.42. The molecule has 1 aromatic heterocycles. The van der Waals surface area contributed by atoms with Gasteiger partial charge in [0.05, 0.1) is 5.52 Å². The highest BCUT2D eigenvalue weighted by atomic mass is 14.7. The minimum absolute atomic E-state index is 0.826. The molecular weight excluding hydrogens is 230 g/mol. The van der Waals surface area contributed by atoms with Gasteiger partial charge in [0.2, 0.25) is 0 Å². The molecule has 0 atom stereocenters. The number of hydrogen-bond acceptors (Lipinski definition) is 0. The monoisotopic (exact) mass is 247 g/mol. The topological polar surface area (TPSA) is 15.8 Å². The third-order valence-electron chi connectivity index (χ3n) is 4.76. The van der Waals surface area contributed by atoms with Crippen LogP contribution in [-0.2, 0) is 0 Å². The Balaban J connectivity index is 1.91. The largest absolute Gasteiger partial charge is 0.354 e. The average molecular weight is 247 g/mol. The molecule has 2 saturated carbocycles. The molecule has 2 aromatic carbocycles. The Morgan fingerprint density at radius 3 is 2.37 bits per heavy atom. The fourth-order valence-corrected chi connectivity index (χ4v) is 3.52. The predicted octanol–water partition coefficient (Wildman–Crippen LogP) is 5.08. The summed E-state index contributed by atoms with van der Waals surface area (Å²) < 4.78 is 0. The maximum Gasteiger partial charge on any atom is 0.0503 e. The van der Waals surface area contributed by atoms with Gasteiger partial charge in [-0.1, -0.05) is 30.3 Å². The first-order valence-corrected chi connectivity index (χ1v) is 7.45. The minimum Gasteiger partial charge on any atom is -0.354 e. The molecule has 1 heteroatoms. The van der Waals surface area contributed by atoms with Crippen LogP contribution in [0.2, 0.25) is 0 Å². The summed E-state index contributed by atoms with van der Waals surface area (Å²) in [5.74, 6) is 1.68. The summed E-state index contributed by atoms with van der Waals surface area (Å²) in [4.78, 5) is 3.69. The zero-order valence-corrected chi connectivity index (χ0v) is 10.9. The van der Waals surface area contributed by atoms with E-state index in [1.165, 1.54) is 47.5 Å². The van der Waals surface area contributed by atoms with Crippen LogP contribution in [0.4, 0.5) is 0 Å². The van der Waals surface area contributed by atoms with E-state index in [-0.39, 0.29) is 0 Å². The van der Waals surface area contributed by atoms with Crippen LogP contribution < -0.4 is 0 Å². The van der Waals surface area contributed by atoms with Crippen molar-refractivity contribution in [3.63, 3.8) is 0 Å². The number of fused-ring (bicyclic) bond motifs is 3. The van der Waals surface area contributed by atoms with Crippen molar-refractivity contribution in [3.05, 3.63) is 47.5 Å². The highest BCUT2D eigenvalue weighted by molar-refractivity contribution is 6.08. The summed E-state index contributed by atoms with van der Waals surface area (Å²) in [6.07, 6.45) is 5.55. The third-order valence-corrected chi connectivity index (χ3v) is 4.76. The molecule has 19 heavy (non-hydrogen) atoms. The molecule has 2 aliphatic carbocycles. The molecule has 94 valence electrons. The maximum absolute atomic E-state index is 3.69. The Hall–Kier alpha value is -1.76. The Morgan fingerprint density at radius 2 is 1.58 bits per heavy atom. The summed E-state index contributed by atoms with van der Waals surface area (Å²) in [5, 5.41) is 2.80. The molecule has 0 amide bonds. The number of nitrogens with one attached hydrogen (secondary N) is 1. The second-order valence-corrected chi connectivity index (χ2v) is 6.21. The van der Waals surface area contributed by atoms with Gasteiger partial charge in [-0.05, 0) is 54.7 Å². The van der Waals surface area contributed by atoms with Gasteiger partial charge in [-0.3, -0.25) is 0 Å². The highest BCUT2D eigenvalue weighted by Crippen LogP contribution is 2.51. The summed E-state index contributed by atoms with van der Waals surface area (Å²) >= 11 is 0. The van der Waals surface area contributed by atoms with Crippen LogP contribution in [0.1, 0.15) is 48.6 Å². The van der Waals surface area contributed by atoms with Gasteiger partial charge in [-0.2, -0.15) is 0 Å². The van der Waals surface area contributed by atoms with E-state index in [1.54, 1.807) is 11.1 Å². The molecule has 1 nitrogen and oxygen atoms in total. The van der Waals surface area contributed by atoms with Crippen molar-refractivity contribution in [3.8, 4) is 0 Å². The molecule has 0 spiro atoms. The minimum atomic E-state index is 0.826. The van der Waals surface area contributed by atoms with Crippen LogP contribution in [0.25, 0.3) is 21.8 Å². The average Bonchev–Trinajstić information content (AvgIpc) is 3.32. The molecule has 1 heterocycles. The van der Waals surface area contributed by atoms with Gasteiger partial charge in [-0.25, -0.2) is 0 Å². The molecule has 0 saturated heterocycles. The number of rotatable bonds is 2. The van der Waals surface area contributed by atoms with Crippen LogP contribution in [0.3, 0.4) is 0 Å². The molecule has 5 rings (SSSR count). The van der Waals surface area contributed by atoms with Crippen LogP contribution in [0, 0.1) is 0 Å². The van der Waals surface area contributed by atoms with Crippen LogP contribution in [-0.4, -0.2) is 4.98 Å². The molecule has 1 N–H and O–H groups in total. The van der Waals surface area contributed by atoms with Crippen LogP contribution in [0.15, 0.2) is 36.4 Å². The molecule has 0 unspecified atom stereocenters. The van der Waals surface area contributed by atoms with Gasteiger partial charge in [0.15, 0.2) is 0 Å². The smallest absolute Gasteiger partial charge is 0.0503 e. The van der Waals surface area contributed by atoms with Crippen LogP contribution in [0.5, 0.6) is 0 Å². The quantitative estimate of drug-likeness (QED) is 0.650.